The predicted molar refractivity (Wildman–Crippen MR) is 81.8 cm³/mol. The van der Waals surface area contributed by atoms with Crippen molar-refractivity contribution in [2.45, 2.75) is 44.4 Å². The van der Waals surface area contributed by atoms with Crippen LogP contribution >= 0.6 is 11.8 Å². The Labute approximate surface area is 133 Å². The third-order valence-electron chi connectivity index (χ3n) is 3.56. The van der Waals surface area contributed by atoms with Crippen LogP contribution < -0.4 is 5.32 Å². The van der Waals surface area contributed by atoms with E-state index in [0.29, 0.717) is 36.9 Å². The zero-order valence-corrected chi connectivity index (χ0v) is 13.2. The number of nitrogens with zero attached hydrogens (tertiary/aromatic N) is 2. The molecule has 0 radical (unpaired) electrons. The summed E-state index contributed by atoms with van der Waals surface area (Å²) in [6.45, 7) is 0.466. The molecule has 1 fully saturated rings. The van der Waals surface area contributed by atoms with Crippen molar-refractivity contribution in [1.82, 2.24) is 15.5 Å². The van der Waals surface area contributed by atoms with Gasteiger partial charge in [-0.2, -0.15) is 4.98 Å². The Kier molecular flexibility index (Phi) is 6.70. The molecule has 0 aliphatic heterocycles. The molecule has 122 valence electrons. The van der Waals surface area contributed by atoms with Gasteiger partial charge in [0.1, 0.15) is 0 Å². The van der Waals surface area contributed by atoms with Crippen molar-refractivity contribution in [2.75, 3.05) is 18.1 Å². The normalized spacial score (nSPS) is 15.1. The Morgan fingerprint density at radius 1 is 1.36 bits per heavy atom. The van der Waals surface area contributed by atoms with Crippen molar-refractivity contribution in [2.24, 2.45) is 0 Å². The first-order valence-electron chi connectivity index (χ1n) is 7.54. The van der Waals surface area contributed by atoms with Crippen LogP contribution in [0.3, 0.4) is 0 Å². The van der Waals surface area contributed by atoms with Gasteiger partial charge in [0.2, 0.25) is 11.8 Å². The van der Waals surface area contributed by atoms with Crippen molar-refractivity contribution in [3.8, 4) is 0 Å². The average Bonchev–Trinajstić information content (AvgIpc) is 3.15. The van der Waals surface area contributed by atoms with Crippen LogP contribution in [0.25, 0.3) is 0 Å². The lowest BCUT2D eigenvalue weighted by Gasteiger charge is -2.03. The second-order valence-corrected chi connectivity index (χ2v) is 6.43. The number of nitrogens with one attached hydrogen (secondary N) is 1. The maximum absolute atomic E-state index is 11.6. The minimum Gasteiger partial charge on any atom is -0.481 e. The van der Waals surface area contributed by atoms with Gasteiger partial charge in [0.25, 0.3) is 0 Å². The van der Waals surface area contributed by atoms with E-state index in [9.17, 15) is 9.59 Å². The first-order chi connectivity index (χ1) is 10.6. The van der Waals surface area contributed by atoms with Crippen LogP contribution in [0.4, 0.5) is 0 Å². The van der Waals surface area contributed by atoms with Crippen molar-refractivity contribution >= 4 is 23.6 Å². The van der Waals surface area contributed by atoms with Gasteiger partial charge in [-0.3, -0.25) is 9.59 Å². The van der Waals surface area contributed by atoms with E-state index in [4.69, 9.17) is 9.63 Å². The third kappa shape index (κ3) is 5.67. The maximum atomic E-state index is 11.6. The Hall–Kier alpha value is -1.57. The molecule has 2 N–H and O–H groups in total. The molecule has 7 nitrogen and oxygen atoms in total. The summed E-state index contributed by atoms with van der Waals surface area (Å²) in [5, 5.41) is 15.2. The van der Waals surface area contributed by atoms with E-state index < -0.39 is 5.97 Å². The second-order valence-electron chi connectivity index (χ2n) is 5.32. The Bertz CT molecular complexity index is 500. The first kappa shape index (κ1) is 16.8. The zero-order chi connectivity index (χ0) is 15.8. The number of hydrogen-bond donors (Lipinski definition) is 2. The van der Waals surface area contributed by atoms with Gasteiger partial charge in [-0.15, -0.1) is 11.8 Å². The second kappa shape index (κ2) is 8.77. The van der Waals surface area contributed by atoms with Crippen LogP contribution in [0.2, 0.25) is 0 Å². The predicted octanol–water partition coefficient (Wildman–Crippen LogP) is 1.59. The number of aromatic nitrogens is 2. The molecule has 1 aliphatic rings. The molecule has 0 aromatic carbocycles. The van der Waals surface area contributed by atoms with Gasteiger partial charge in [0.05, 0.1) is 5.75 Å². The number of carbonyl (C=O) groups is 2. The molecule has 8 heteroatoms. The number of hydrogen-bond acceptors (Lipinski definition) is 6. The van der Waals surface area contributed by atoms with Crippen molar-refractivity contribution in [3.63, 3.8) is 0 Å². The van der Waals surface area contributed by atoms with E-state index in [1.54, 1.807) is 0 Å². The summed E-state index contributed by atoms with van der Waals surface area (Å²) >= 11 is 1.28. The van der Waals surface area contributed by atoms with Gasteiger partial charge in [0, 0.05) is 31.1 Å². The van der Waals surface area contributed by atoms with E-state index in [-0.39, 0.29) is 11.7 Å². The van der Waals surface area contributed by atoms with Crippen molar-refractivity contribution in [3.05, 3.63) is 11.7 Å². The number of thioether (sulfide) groups is 1. The van der Waals surface area contributed by atoms with E-state index in [2.05, 4.69) is 15.5 Å². The summed E-state index contributed by atoms with van der Waals surface area (Å²) in [6.07, 6.45) is 5.42. The zero-order valence-electron chi connectivity index (χ0n) is 12.4. The van der Waals surface area contributed by atoms with Gasteiger partial charge in [-0.25, -0.2) is 0 Å². The summed E-state index contributed by atoms with van der Waals surface area (Å²) in [4.78, 5) is 26.3. The molecule has 1 aliphatic carbocycles. The molecule has 2 rings (SSSR count). The summed E-state index contributed by atoms with van der Waals surface area (Å²) in [5.74, 6) is 1.42. The van der Waals surface area contributed by atoms with Gasteiger partial charge >= 0.3 is 5.97 Å². The van der Waals surface area contributed by atoms with Crippen LogP contribution in [0.1, 0.15) is 49.7 Å². The summed E-state index contributed by atoms with van der Waals surface area (Å²) < 4.78 is 5.19. The minimum absolute atomic E-state index is 0.0573. The van der Waals surface area contributed by atoms with Crippen molar-refractivity contribution < 1.29 is 19.2 Å². The van der Waals surface area contributed by atoms with Crippen LogP contribution in [-0.2, 0) is 16.0 Å². The molecule has 1 amide bonds. The van der Waals surface area contributed by atoms with Crippen LogP contribution in [0.15, 0.2) is 4.52 Å². The smallest absolute Gasteiger partial charge is 0.313 e. The number of aliphatic carboxylic acids is 1. The molecule has 1 aromatic heterocycles. The van der Waals surface area contributed by atoms with Crippen LogP contribution in [0.5, 0.6) is 0 Å². The molecule has 1 heterocycles. The highest BCUT2D eigenvalue weighted by atomic mass is 32.2. The molecule has 0 atom stereocenters. The molecule has 0 unspecified atom stereocenters. The van der Waals surface area contributed by atoms with E-state index in [1.807, 2.05) is 0 Å². The fourth-order valence-electron chi connectivity index (χ4n) is 2.45. The first-order valence-corrected chi connectivity index (χ1v) is 8.69. The molecule has 0 spiro atoms. The quantitative estimate of drug-likeness (QED) is 0.663. The Morgan fingerprint density at radius 3 is 2.86 bits per heavy atom. The number of carbonyl (C=O) groups excluding carboxylic acids is 1. The Balaban J connectivity index is 1.60. The van der Waals surface area contributed by atoms with Crippen LogP contribution in [0, 0.1) is 0 Å². The number of carboxylic acids is 1. The third-order valence-corrected chi connectivity index (χ3v) is 4.51. The standard InChI is InChI=1S/C14H21N3O4S/c18-11(15-7-8-22-9-13(19)20)5-6-12-16-14(17-21-12)10-3-1-2-4-10/h10H,1-9H2,(H,15,18)(H,19,20). The lowest BCUT2D eigenvalue weighted by molar-refractivity contribution is -0.133. The van der Waals surface area contributed by atoms with E-state index in [1.165, 1.54) is 24.6 Å². The molecule has 0 bridgehead atoms. The topological polar surface area (TPSA) is 105 Å². The molecular formula is C14H21N3O4S. The van der Waals surface area contributed by atoms with Crippen LogP contribution in [-0.4, -0.2) is 45.2 Å². The average molecular weight is 327 g/mol. The van der Waals surface area contributed by atoms with Gasteiger partial charge in [0.15, 0.2) is 5.82 Å². The lowest BCUT2D eigenvalue weighted by atomic mass is 10.1. The van der Waals surface area contributed by atoms with E-state index >= 15 is 0 Å². The number of rotatable bonds is 9. The highest BCUT2D eigenvalue weighted by Crippen LogP contribution is 2.32. The highest BCUT2D eigenvalue weighted by molar-refractivity contribution is 7.99. The summed E-state index contributed by atoms with van der Waals surface area (Å²) in [5.41, 5.74) is 0. The SMILES string of the molecule is O=C(O)CSCCNC(=O)CCc1nc(C2CCCC2)no1. The van der Waals surface area contributed by atoms with E-state index in [0.717, 1.165) is 18.7 Å². The van der Waals surface area contributed by atoms with Crippen molar-refractivity contribution in [1.29, 1.82) is 0 Å². The molecular weight excluding hydrogens is 306 g/mol. The number of carboxylic acid groups (broad SMARTS) is 1. The van der Waals surface area contributed by atoms with Gasteiger partial charge in [-0.05, 0) is 12.8 Å². The summed E-state index contributed by atoms with van der Waals surface area (Å²) in [7, 11) is 0. The highest BCUT2D eigenvalue weighted by Gasteiger charge is 2.22. The minimum atomic E-state index is -0.842. The fourth-order valence-corrected chi connectivity index (χ4v) is 3.02. The fraction of sp³-hybridized carbons (Fsp3) is 0.714. The lowest BCUT2D eigenvalue weighted by Crippen LogP contribution is -2.26. The monoisotopic (exact) mass is 327 g/mol. The Morgan fingerprint density at radius 2 is 2.14 bits per heavy atom. The number of aryl methyl sites for hydroxylation is 1. The molecule has 1 saturated carbocycles. The summed E-state index contributed by atoms with van der Waals surface area (Å²) in [6, 6.07) is 0. The van der Waals surface area contributed by atoms with Gasteiger partial charge < -0.3 is 14.9 Å². The molecule has 1 aromatic rings. The largest absolute Gasteiger partial charge is 0.481 e. The number of amides is 1. The molecule has 22 heavy (non-hydrogen) atoms. The maximum Gasteiger partial charge on any atom is 0.313 e. The molecule has 0 saturated heterocycles. The van der Waals surface area contributed by atoms with Gasteiger partial charge in [-0.1, -0.05) is 18.0 Å².